The monoisotopic (exact) mass is 430 g/mol. The molecule has 8 heteroatoms. The number of guanidine groups is 1. The number of nitrogens with zero attached hydrogens (tertiary/aromatic N) is 4. The number of benzene rings is 1. The number of aliphatic imine (C=N–C) groups is 1. The first-order chi connectivity index (χ1) is 15.1. The minimum Gasteiger partial charge on any atom is -0.450 e. The van der Waals surface area contributed by atoms with Crippen LogP contribution in [-0.4, -0.2) is 93.4 Å². The number of nitrogens with one attached hydrogen (secondary N) is 2. The van der Waals surface area contributed by atoms with E-state index in [9.17, 15) is 4.79 Å². The van der Waals surface area contributed by atoms with E-state index in [2.05, 4.69) is 62.7 Å². The van der Waals surface area contributed by atoms with E-state index < -0.39 is 0 Å². The summed E-state index contributed by atoms with van der Waals surface area (Å²) >= 11 is 0. The summed E-state index contributed by atoms with van der Waals surface area (Å²) in [6, 6.07) is 11.4. The van der Waals surface area contributed by atoms with Gasteiger partial charge in [0, 0.05) is 70.6 Å². The second-order valence-electron chi connectivity index (χ2n) is 8.27. The molecule has 2 fully saturated rings. The van der Waals surface area contributed by atoms with Crippen LogP contribution in [0.3, 0.4) is 0 Å². The SMILES string of the molecule is CCOC(=O)N1CCC(NC(=NC)NCC(C)N2CCN(c3ccccc3)CC2)CC1. The molecule has 2 heterocycles. The third-order valence-corrected chi connectivity index (χ3v) is 6.21. The van der Waals surface area contributed by atoms with Crippen molar-refractivity contribution in [3.63, 3.8) is 0 Å². The number of piperidine rings is 1. The second-order valence-corrected chi connectivity index (χ2v) is 8.27. The van der Waals surface area contributed by atoms with E-state index in [0.717, 1.165) is 64.6 Å². The minimum absolute atomic E-state index is 0.204. The summed E-state index contributed by atoms with van der Waals surface area (Å²) in [5.41, 5.74) is 1.31. The van der Waals surface area contributed by atoms with Crippen LogP contribution in [0.5, 0.6) is 0 Å². The number of carbonyl (C=O) groups is 1. The maximum atomic E-state index is 11.9. The number of likely N-dealkylation sites (tertiary alicyclic amines) is 1. The summed E-state index contributed by atoms with van der Waals surface area (Å²) in [6.45, 7) is 11.1. The van der Waals surface area contributed by atoms with Crippen molar-refractivity contribution in [3.8, 4) is 0 Å². The number of anilines is 1. The molecular weight excluding hydrogens is 392 g/mol. The van der Waals surface area contributed by atoms with E-state index in [1.54, 1.807) is 4.90 Å². The van der Waals surface area contributed by atoms with Crippen LogP contribution >= 0.6 is 0 Å². The molecule has 1 amide bonds. The lowest BCUT2D eigenvalue weighted by Crippen LogP contribution is -2.54. The molecule has 0 saturated carbocycles. The molecule has 31 heavy (non-hydrogen) atoms. The van der Waals surface area contributed by atoms with E-state index in [1.165, 1.54) is 5.69 Å². The predicted octanol–water partition coefficient (Wildman–Crippen LogP) is 1.98. The summed E-state index contributed by atoms with van der Waals surface area (Å²) in [4.78, 5) is 23.0. The standard InChI is InChI=1S/C23H38N6O2/c1-4-31-23(30)29-12-10-20(11-13-29)26-22(24-3)25-18-19(2)27-14-16-28(17-15-27)21-8-6-5-7-9-21/h5-9,19-20H,4,10-18H2,1-3H3,(H2,24,25,26). The average Bonchev–Trinajstić information content (AvgIpc) is 2.82. The summed E-state index contributed by atoms with van der Waals surface area (Å²) < 4.78 is 5.10. The molecule has 1 aromatic carbocycles. The van der Waals surface area contributed by atoms with E-state index in [0.29, 0.717) is 18.7 Å². The van der Waals surface area contributed by atoms with Gasteiger partial charge < -0.3 is 25.2 Å². The molecule has 3 rings (SSSR count). The van der Waals surface area contributed by atoms with E-state index in [1.807, 2.05) is 14.0 Å². The number of hydrogen-bond acceptors (Lipinski definition) is 5. The van der Waals surface area contributed by atoms with Crippen molar-refractivity contribution in [2.75, 3.05) is 64.4 Å². The molecule has 2 aliphatic heterocycles. The van der Waals surface area contributed by atoms with E-state index in [4.69, 9.17) is 4.74 Å². The van der Waals surface area contributed by atoms with Crippen LogP contribution in [0.2, 0.25) is 0 Å². The highest BCUT2D eigenvalue weighted by molar-refractivity contribution is 5.80. The highest BCUT2D eigenvalue weighted by atomic mass is 16.6. The summed E-state index contributed by atoms with van der Waals surface area (Å²) in [6.07, 6.45) is 1.59. The van der Waals surface area contributed by atoms with Crippen molar-refractivity contribution in [2.45, 2.75) is 38.8 Å². The Morgan fingerprint density at radius 3 is 2.42 bits per heavy atom. The Morgan fingerprint density at radius 2 is 1.81 bits per heavy atom. The van der Waals surface area contributed by atoms with Gasteiger partial charge >= 0.3 is 6.09 Å². The largest absolute Gasteiger partial charge is 0.450 e. The first-order valence-electron chi connectivity index (χ1n) is 11.5. The van der Waals surface area contributed by atoms with Gasteiger partial charge in [-0.05, 0) is 38.8 Å². The van der Waals surface area contributed by atoms with Crippen LogP contribution in [0.4, 0.5) is 10.5 Å². The van der Waals surface area contributed by atoms with E-state index in [-0.39, 0.29) is 6.09 Å². The minimum atomic E-state index is -0.204. The van der Waals surface area contributed by atoms with Gasteiger partial charge in [-0.25, -0.2) is 4.79 Å². The van der Waals surface area contributed by atoms with Crippen LogP contribution in [-0.2, 0) is 4.74 Å². The van der Waals surface area contributed by atoms with Crippen LogP contribution in [0.1, 0.15) is 26.7 Å². The highest BCUT2D eigenvalue weighted by Gasteiger charge is 2.25. The Balaban J connectivity index is 1.36. The molecule has 8 nitrogen and oxygen atoms in total. The molecule has 1 aromatic rings. The molecule has 0 spiro atoms. The van der Waals surface area contributed by atoms with Gasteiger partial charge in [0.25, 0.3) is 0 Å². The molecule has 2 N–H and O–H groups in total. The number of para-hydroxylation sites is 1. The second kappa shape index (κ2) is 11.8. The summed E-state index contributed by atoms with van der Waals surface area (Å²) in [5.74, 6) is 0.837. The molecule has 0 radical (unpaired) electrons. The van der Waals surface area contributed by atoms with Gasteiger partial charge in [0.15, 0.2) is 5.96 Å². The van der Waals surface area contributed by atoms with Crippen molar-refractivity contribution in [3.05, 3.63) is 30.3 Å². The van der Waals surface area contributed by atoms with Gasteiger partial charge in [0.1, 0.15) is 0 Å². The van der Waals surface area contributed by atoms with Gasteiger partial charge in [-0.3, -0.25) is 9.89 Å². The summed E-state index contributed by atoms with van der Waals surface area (Å²) in [5, 5.41) is 7.01. The molecule has 2 aliphatic rings. The van der Waals surface area contributed by atoms with Crippen LogP contribution in [0.15, 0.2) is 35.3 Å². The van der Waals surface area contributed by atoms with Crippen molar-refractivity contribution < 1.29 is 9.53 Å². The Hall–Kier alpha value is -2.48. The van der Waals surface area contributed by atoms with Crippen LogP contribution < -0.4 is 15.5 Å². The fourth-order valence-electron chi connectivity index (χ4n) is 4.24. The van der Waals surface area contributed by atoms with E-state index >= 15 is 0 Å². The normalized spacial score (nSPS) is 19.8. The quantitative estimate of drug-likeness (QED) is 0.531. The number of amides is 1. The lowest BCUT2D eigenvalue weighted by Gasteiger charge is -2.39. The fraction of sp³-hybridized carbons (Fsp3) is 0.652. The maximum absolute atomic E-state index is 11.9. The van der Waals surface area contributed by atoms with Gasteiger partial charge in [-0.1, -0.05) is 18.2 Å². The average molecular weight is 431 g/mol. The Bertz CT molecular complexity index is 697. The van der Waals surface area contributed by atoms with Crippen LogP contribution in [0, 0.1) is 0 Å². The molecular formula is C23H38N6O2. The van der Waals surface area contributed by atoms with Crippen molar-refractivity contribution in [1.29, 1.82) is 0 Å². The molecule has 1 atom stereocenters. The smallest absolute Gasteiger partial charge is 0.409 e. The molecule has 2 saturated heterocycles. The van der Waals surface area contributed by atoms with Gasteiger partial charge in [-0.2, -0.15) is 0 Å². The van der Waals surface area contributed by atoms with Crippen molar-refractivity contribution in [1.82, 2.24) is 20.4 Å². The number of rotatable bonds is 6. The first kappa shape index (κ1) is 23.2. The van der Waals surface area contributed by atoms with Gasteiger partial charge in [-0.15, -0.1) is 0 Å². The molecule has 0 aliphatic carbocycles. The third kappa shape index (κ3) is 6.75. The third-order valence-electron chi connectivity index (χ3n) is 6.21. The zero-order valence-electron chi connectivity index (χ0n) is 19.2. The van der Waals surface area contributed by atoms with Crippen molar-refractivity contribution >= 4 is 17.7 Å². The molecule has 1 unspecified atom stereocenters. The van der Waals surface area contributed by atoms with Crippen molar-refractivity contribution in [2.24, 2.45) is 4.99 Å². The number of piperazine rings is 1. The molecule has 0 aromatic heterocycles. The maximum Gasteiger partial charge on any atom is 0.409 e. The Labute approximate surface area is 186 Å². The predicted molar refractivity (Wildman–Crippen MR) is 126 cm³/mol. The number of ether oxygens (including phenoxy) is 1. The zero-order chi connectivity index (χ0) is 22.1. The molecule has 0 bridgehead atoms. The number of hydrogen-bond donors (Lipinski definition) is 2. The Kier molecular flexibility index (Phi) is 8.82. The topological polar surface area (TPSA) is 72.4 Å². The molecule has 172 valence electrons. The van der Waals surface area contributed by atoms with Gasteiger partial charge in [0.05, 0.1) is 6.61 Å². The lowest BCUT2D eigenvalue weighted by atomic mass is 10.1. The lowest BCUT2D eigenvalue weighted by molar-refractivity contribution is 0.0963. The zero-order valence-corrected chi connectivity index (χ0v) is 19.2. The van der Waals surface area contributed by atoms with Crippen LogP contribution in [0.25, 0.3) is 0 Å². The number of carbonyl (C=O) groups excluding carboxylic acids is 1. The summed E-state index contributed by atoms with van der Waals surface area (Å²) in [7, 11) is 1.81. The fourth-order valence-corrected chi connectivity index (χ4v) is 4.24. The van der Waals surface area contributed by atoms with Gasteiger partial charge in [0.2, 0.25) is 0 Å². The Morgan fingerprint density at radius 1 is 1.13 bits per heavy atom. The first-order valence-corrected chi connectivity index (χ1v) is 11.5. The highest BCUT2D eigenvalue weighted by Crippen LogP contribution is 2.16.